The van der Waals surface area contributed by atoms with E-state index in [0.717, 1.165) is 0 Å². The topological polar surface area (TPSA) is 61.8 Å². The molecule has 0 bridgehead atoms. The van der Waals surface area contributed by atoms with Gasteiger partial charge in [0.1, 0.15) is 11.6 Å². The van der Waals surface area contributed by atoms with Gasteiger partial charge in [-0.05, 0) is 29.8 Å². The lowest BCUT2D eigenvalue weighted by Gasteiger charge is -2.29. The van der Waals surface area contributed by atoms with Crippen LogP contribution in [0.15, 0.2) is 48.5 Å². The third-order valence-corrected chi connectivity index (χ3v) is 4.50. The minimum absolute atomic E-state index is 0.0470. The van der Waals surface area contributed by atoms with E-state index in [-0.39, 0.29) is 12.4 Å². The maximum absolute atomic E-state index is 14.2. The number of hydrogen-bond acceptors (Lipinski definition) is 4. The van der Waals surface area contributed by atoms with Gasteiger partial charge in [-0.15, -0.1) is 0 Å². The molecule has 2 aromatic rings. The minimum Gasteiger partial charge on any atom is -0.387 e. The number of morpholine rings is 1. The van der Waals surface area contributed by atoms with Gasteiger partial charge in [-0.3, -0.25) is 4.79 Å². The van der Waals surface area contributed by atoms with Gasteiger partial charge in [0.25, 0.3) is 0 Å². The van der Waals surface area contributed by atoms with Crippen LogP contribution in [0.2, 0.25) is 0 Å². The molecule has 1 aliphatic heterocycles. The summed E-state index contributed by atoms with van der Waals surface area (Å²) in [5, 5.41) is 12.9. The Kier molecular flexibility index (Phi) is 6.73. The highest BCUT2D eigenvalue weighted by atomic mass is 19.1. The number of benzene rings is 2. The zero-order chi connectivity index (χ0) is 19.9. The molecule has 0 aromatic heterocycles. The van der Waals surface area contributed by atoms with Crippen molar-refractivity contribution in [2.75, 3.05) is 37.7 Å². The second kappa shape index (κ2) is 9.43. The first-order chi connectivity index (χ1) is 13.5. The quantitative estimate of drug-likeness (QED) is 0.747. The Labute approximate surface area is 162 Å². The molecule has 3 rings (SSSR count). The van der Waals surface area contributed by atoms with Crippen LogP contribution < -0.4 is 10.2 Å². The number of nitrogens with zero attached hydrogens (tertiary/aromatic N) is 1. The first-order valence-electron chi connectivity index (χ1n) is 9.05. The molecule has 0 saturated carbocycles. The van der Waals surface area contributed by atoms with E-state index in [1.807, 2.05) is 4.90 Å². The lowest BCUT2D eigenvalue weighted by atomic mass is 10.1. The molecule has 1 amide bonds. The third kappa shape index (κ3) is 5.15. The van der Waals surface area contributed by atoms with Crippen molar-refractivity contribution in [3.63, 3.8) is 0 Å². The highest BCUT2D eigenvalue weighted by Crippen LogP contribution is 2.25. The molecule has 1 unspecified atom stereocenters. The molecule has 1 aliphatic rings. The lowest BCUT2D eigenvalue weighted by Crippen LogP contribution is -2.36. The van der Waals surface area contributed by atoms with Crippen LogP contribution in [0.4, 0.5) is 14.5 Å². The van der Waals surface area contributed by atoms with E-state index in [9.17, 15) is 18.7 Å². The van der Waals surface area contributed by atoms with Crippen molar-refractivity contribution in [1.29, 1.82) is 0 Å². The second-order valence-corrected chi connectivity index (χ2v) is 6.43. The first kappa shape index (κ1) is 20.0. The molecule has 0 radical (unpaired) electrons. The van der Waals surface area contributed by atoms with E-state index in [1.54, 1.807) is 24.3 Å². The fourth-order valence-corrected chi connectivity index (χ4v) is 2.93. The Hall–Kier alpha value is -2.77. The molecule has 0 aliphatic carbocycles. The van der Waals surface area contributed by atoms with Crippen LogP contribution in [-0.4, -0.2) is 43.9 Å². The van der Waals surface area contributed by atoms with Crippen LogP contribution in [0.1, 0.15) is 17.2 Å². The van der Waals surface area contributed by atoms with E-state index in [0.29, 0.717) is 43.1 Å². The molecule has 28 heavy (non-hydrogen) atoms. The highest BCUT2D eigenvalue weighted by Gasteiger charge is 2.18. The fraction of sp³-hybridized carbons (Fsp3) is 0.286. The van der Waals surface area contributed by atoms with Gasteiger partial charge in [-0.2, -0.15) is 0 Å². The summed E-state index contributed by atoms with van der Waals surface area (Å²) in [6.45, 7) is 2.16. The summed E-state index contributed by atoms with van der Waals surface area (Å²) in [4.78, 5) is 13.8. The van der Waals surface area contributed by atoms with Gasteiger partial charge in [0, 0.05) is 31.3 Å². The number of halogens is 2. The van der Waals surface area contributed by atoms with E-state index in [2.05, 4.69) is 5.32 Å². The standard InChI is InChI=1S/C21H22F2N2O3/c22-17-4-2-1-3-15(17)6-8-21(27)24-14-20(26)16-5-7-18(23)19(13-16)25-9-11-28-12-10-25/h1-8,13,20,26H,9-12,14H2,(H,24,27). The van der Waals surface area contributed by atoms with E-state index in [1.165, 1.54) is 30.4 Å². The average molecular weight is 388 g/mol. The van der Waals surface area contributed by atoms with Gasteiger partial charge in [-0.25, -0.2) is 8.78 Å². The largest absolute Gasteiger partial charge is 0.387 e. The van der Waals surface area contributed by atoms with Crippen molar-refractivity contribution in [3.05, 3.63) is 71.3 Å². The Morgan fingerprint density at radius 3 is 2.68 bits per heavy atom. The van der Waals surface area contributed by atoms with Crippen molar-refractivity contribution >= 4 is 17.7 Å². The number of aliphatic hydroxyl groups is 1. The average Bonchev–Trinajstić information content (AvgIpc) is 2.72. The summed E-state index contributed by atoms with van der Waals surface area (Å²) in [6, 6.07) is 10.5. The molecule has 1 heterocycles. The lowest BCUT2D eigenvalue weighted by molar-refractivity contribution is -0.116. The number of aliphatic hydroxyl groups excluding tert-OH is 1. The molecule has 0 spiro atoms. The van der Waals surface area contributed by atoms with Crippen LogP contribution in [0.25, 0.3) is 6.08 Å². The monoisotopic (exact) mass is 388 g/mol. The zero-order valence-electron chi connectivity index (χ0n) is 15.3. The van der Waals surface area contributed by atoms with Crippen molar-refractivity contribution in [2.24, 2.45) is 0 Å². The minimum atomic E-state index is -0.994. The van der Waals surface area contributed by atoms with E-state index >= 15 is 0 Å². The summed E-state index contributed by atoms with van der Waals surface area (Å²) in [5.74, 6) is -1.25. The SMILES string of the molecule is O=C(C=Cc1ccccc1F)NCC(O)c1ccc(F)c(N2CCOCC2)c1. The number of nitrogens with one attached hydrogen (secondary N) is 1. The Morgan fingerprint density at radius 2 is 1.93 bits per heavy atom. The van der Waals surface area contributed by atoms with Crippen LogP contribution >= 0.6 is 0 Å². The Bertz CT molecular complexity index is 851. The van der Waals surface area contributed by atoms with Crippen molar-refractivity contribution in [3.8, 4) is 0 Å². The summed E-state index contributed by atoms with van der Waals surface area (Å²) in [7, 11) is 0. The highest BCUT2D eigenvalue weighted by molar-refractivity contribution is 5.91. The zero-order valence-corrected chi connectivity index (χ0v) is 15.3. The van der Waals surface area contributed by atoms with Gasteiger partial charge >= 0.3 is 0 Å². The van der Waals surface area contributed by atoms with Crippen molar-refractivity contribution in [2.45, 2.75) is 6.10 Å². The predicted molar refractivity (Wildman–Crippen MR) is 103 cm³/mol. The maximum atomic E-state index is 14.2. The molecular formula is C21H22F2N2O3. The van der Waals surface area contributed by atoms with Gasteiger partial charge < -0.3 is 20.1 Å². The molecule has 1 saturated heterocycles. The number of carbonyl (C=O) groups is 1. The molecule has 2 N–H and O–H groups in total. The summed E-state index contributed by atoms with van der Waals surface area (Å²) < 4.78 is 33.0. The number of carbonyl (C=O) groups excluding carboxylic acids is 1. The number of ether oxygens (including phenoxy) is 1. The summed E-state index contributed by atoms with van der Waals surface area (Å²) >= 11 is 0. The molecule has 7 heteroatoms. The van der Waals surface area contributed by atoms with Crippen molar-refractivity contribution in [1.82, 2.24) is 5.32 Å². The second-order valence-electron chi connectivity index (χ2n) is 6.43. The molecular weight excluding hydrogens is 366 g/mol. The number of rotatable bonds is 6. The van der Waals surface area contributed by atoms with Gasteiger partial charge in [-0.1, -0.05) is 24.3 Å². The predicted octanol–water partition coefficient (Wildman–Crippen LogP) is 2.66. The summed E-state index contributed by atoms with van der Waals surface area (Å²) in [5.41, 5.74) is 1.21. The van der Waals surface area contributed by atoms with Gasteiger partial charge in [0.05, 0.1) is 25.0 Å². The van der Waals surface area contributed by atoms with Crippen LogP contribution in [0, 0.1) is 11.6 Å². The van der Waals surface area contributed by atoms with Crippen LogP contribution in [-0.2, 0) is 9.53 Å². The summed E-state index contributed by atoms with van der Waals surface area (Å²) in [6.07, 6.45) is 1.58. The molecule has 148 valence electrons. The molecule has 2 aromatic carbocycles. The number of hydrogen-bond donors (Lipinski definition) is 2. The van der Waals surface area contributed by atoms with Crippen molar-refractivity contribution < 1.29 is 23.4 Å². The van der Waals surface area contributed by atoms with E-state index in [4.69, 9.17) is 4.74 Å². The Morgan fingerprint density at radius 1 is 1.18 bits per heavy atom. The van der Waals surface area contributed by atoms with E-state index < -0.39 is 17.8 Å². The number of amides is 1. The van der Waals surface area contributed by atoms with Gasteiger partial charge in [0.15, 0.2) is 0 Å². The normalized spacial score (nSPS) is 15.6. The van der Waals surface area contributed by atoms with Gasteiger partial charge in [0.2, 0.25) is 5.91 Å². The Balaban J connectivity index is 1.59. The first-order valence-corrected chi connectivity index (χ1v) is 9.05. The maximum Gasteiger partial charge on any atom is 0.244 e. The van der Waals surface area contributed by atoms with Crippen LogP contribution in [0.5, 0.6) is 0 Å². The smallest absolute Gasteiger partial charge is 0.244 e. The molecule has 1 atom stereocenters. The van der Waals surface area contributed by atoms with Crippen LogP contribution in [0.3, 0.4) is 0 Å². The third-order valence-electron chi connectivity index (χ3n) is 4.50. The fourth-order valence-electron chi connectivity index (χ4n) is 2.93. The molecule has 5 nitrogen and oxygen atoms in total. The molecule has 1 fully saturated rings. The number of anilines is 1.